The number of unbranched alkanes of at least 4 members (excludes halogenated alkanes) is 2. The molecule has 20 heavy (non-hydrogen) atoms. The summed E-state index contributed by atoms with van der Waals surface area (Å²) in [5, 5.41) is 2.80. The zero-order chi connectivity index (χ0) is 15.3. The van der Waals surface area contributed by atoms with Gasteiger partial charge in [-0.1, -0.05) is 19.8 Å². The Balaban J connectivity index is 2.99. The van der Waals surface area contributed by atoms with E-state index in [1.165, 1.54) is 12.1 Å². The third-order valence-electron chi connectivity index (χ3n) is 3.23. The Bertz CT molecular complexity index is 597. The largest absolute Gasteiger partial charge is 0.352 e. The van der Waals surface area contributed by atoms with Gasteiger partial charge in [0.25, 0.3) is 15.0 Å². The quantitative estimate of drug-likeness (QED) is 0.647. The minimum atomic E-state index is -3.83. The maximum absolute atomic E-state index is 12.1. The highest BCUT2D eigenvalue weighted by atomic mass is 35.7. The van der Waals surface area contributed by atoms with E-state index < -0.39 is 9.05 Å². The summed E-state index contributed by atoms with van der Waals surface area (Å²) in [6, 6.07) is 2.81. The number of hydrogen-bond acceptors (Lipinski definition) is 3. The van der Waals surface area contributed by atoms with Gasteiger partial charge in [-0.05, 0) is 43.5 Å². The summed E-state index contributed by atoms with van der Waals surface area (Å²) in [7, 11) is 1.51. The van der Waals surface area contributed by atoms with E-state index in [4.69, 9.17) is 10.7 Å². The molecule has 0 saturated carbocycles. The first-order chi connectivity index (χ1) is 9.27. The van der Waals surface area contributed by atoms with Crippen LogP contribution in [0.25, 0.3) is 0 Å². The highest BCUT2D eigenvalue weighted by molar-refractivity contribution is 8.13. The van der Waals surface area contributed by atoms with Crippen molar-refractivity contribution >= 4 is 25.6 Å². The fourth-order valence-corrected chi connectivity index (χ4v) is 2.72. The number of nitrogens with one attached hydrogen (secondary N) is 1. The van der Waals surface area contributed by atoms with Crippen LogP contribution in [0, 0.1) is 13.8 Å². The van der Waals surface area contributed by atoms with Crippen LogP contribution >= 0.6 is 10.7 Å². The van der Waals surface area contributed by atoms with Gasteiger partial charge in [0.15, 0.2) is 0 Å². The first-order valence-electron chi connectivity index (χ1n) is 6.61. The van der Waals surface area contributed by atoms with Crippen LogP contribution in [0.2, 0.25) is 0 Å². The van der Waals surface area contributed by atoms with Crippen molar-refractivity contribution < 1.29 is 13.2 Å². The summed E-state index contributed by atoms with van der Waals surface area (Å²) in [6.07, 6.45) is 3.04. The second-order valence-corrected chi connectivity index (χ2v) is 7.38. The molecular weight excluding hydrogens is 298 g/mol. The normalized spacial score (nSPS) is 11.4. The third-order valence-corrected chi connectivity index (χ3v) is 4.57. The predicted molar refractivity (Wildman–Crippen MR) is 80.8 cm³/mol. The average Bonchev–Trinajstić information content (AvgIpc) is 2.36. The van der Waals surface area contributed by atoms with Gasteiger partial charge in [-0.15, -0.1) is 0 Å². The summed E-state index contributed by atoms with van der Waals surface area (Å²) in [4.78, 5) is 12.1. The molecule has 1 aromatic rings. The molecule has 112 valence electrons. The lowest BCUT2D eigenvalue weighted by Gasteiger charge is -2.11. The lowest BCUT2D eigenvalue weighted by molar-refractivity contribution is 0.0952. The van der Waals surface area contributed by atoms with Gasteiger partial charge in [-0.25, -0.2) is 8.42 Å². The molecular formula is C14H20ClNO3S. The topological polar surface area (TPSA) is 63.2 Å². The Morgan fingerprint density at radius 2 is 1.90 bits per heavy atom. The van der Waals surface area contributed by atoms with Crippen LogP contribution in [-0.4, -0.2) is 20.9 Å². The molecule has 0 atom stereocenters. The van der Waals surface area contributed by atoms with E-state index in [0.29, 0.717) is 12.1 Å². The fourth-order valence-electron chi connectivity index (χ4n) is 1.87. The monoisotopic (exact) mass is 317 g/mol. The fraction of sp³-hybridized carbons (Fsp3) is 0.500. The van der Waals surface area contributed by atoms with Gasteiger partial charge in [0.1, 0.15) is 0 Å². The maximum atomic E-state index is 12.1. The van der Waals surface area contributed by atoms with Gasteiger partial charge >= 0.3 is 0 Å². The molecule has 0 spiro atoms. The zero-order valence-corrected chi connectivity index (χ0v) is 13.6. The van der Waals surface area contributed by atoms with Crippen LogP contribution in [-0.2, 0) is 9.05 Å². The maximum Gasteiger partial charge on any atom is 0.261 e. The van der Waals surface area contributed by atoms with Gasteiger partial charge in [0, 0.05) is 22.8 Å². The van der Waals surface area contributed by atoms with Crippen LogP contribution in [0.15, 0.2) is 17.0 Å². The average molecular weight is 318 g/mol. The lowest BCUT2D eigenvalue weighted by atomic mass is 10.0. The van der Waals surface area contributed by atoms with E-state index in [0.717, 1.165) is 30.4 Å². The molecule has 4 nitrogen and oxygen atoms in total. The Morgan fingerprint density at radius 3 is 2.45 bits per heavy atom. The van der Waals surface area contributed by atoms with Gasteiger partial charge in [0.05, 0.1) is 4.90 Å². The molecule has 1 amide bonds. The molecule has 0 unspecified atom stereocenters. The highest BCUT2D eigenvalue weighted by Gasteiger charge is 2.17. The van der Waals surface area contributed by atoms with Crippen molar-refractivity contribution in [3.8, 4) is 0 Å². The molecule has 0 heterocycles. The number of amides is 1. The van der Waals surface area contributed by atoms with Crippen molar-refractivity contribution in [2.45, 2.75) is 44.9 Å². The Morgan fingerprint density at radius 1 is 1.25 bits per heavy atom. The first-order valence-corrected chi connectivity index (χ1v) is 8.92. The van der Waals surface area contributed by atoms with Crippen LogP contribution < -0.4 is 5.32 Å². The van der Waals surface area contributed by atoms with Crippen molar-refractivity contribution in [2.75, 3.05) is 6.54 Å². The molecule has 6 heteroatoms. The van der Waals surface area contributed by atoms with Crippen LogP contribution in [0.3, 0.4) is 0 Å². The van der Waals surface area contributed by atoms with Crippen LogP contribution in [0.5, 0.6) is 0 Å². The van der Waals surface area contributed by atoms with E-state index >= 15 is 0 Å². The van der Waals surface area contributed by atoms with Crippen LogP contribution in [0.1, 0.15) is 47.7 Å². The Kier molecular flexibility index (Phi) is 6.02. The highest BCUT2D eigenvalue weighted by Crippen LogP contribution is 2.22. The van der Waals surface area contributed by atoms with Crippen molar-refractivity contribution in [2.24, 2.45) is 0 Å². The number of benzene rings is 1. The third kappa shape index (κ3) is 4.49. The molecule has 1 aromatic carbocycles. The number of aryl methyl sites for hydroxylation is 1. The van der Waals surface area contributed by atoms with Crippen molar-refractivity contribution in [3.05, 3.63) is 28.8 Å². The molecule has 0 fully saturated rings. The van der Waals surface area contributed by atoms with Gasteiger partial charge in [-0.3, -0.25) is 4.79 Å². The molecule has 0 saturated heterocycles. The molecule has 0 radical (unpaired) electrons. The van der Waals surface area contributed by atoms with Crippen molar-refractivity contribution in [3.63, 3.8) is 0 Å². The van der Waals surface area contributed by atoms with E-state index in [9.17, 15) is 13.2 Å². The SMILES string of the molecule is CCCCCNC(=O)c1cc(S(=O)(=O)Cl)cc(C)c1C. The molecule has 0 aliphatic carbocycles. The number of carbonyl (C=O) groups is 1. The predicted octanol–water partition coefficient (Wildman–Crippen LogP) is 3.15. The van der Waals surface area contributed by atoms with Crippen LogP contribution in [0.4, 0.5) is 0 Å². The zero-order valence-electron chi connectivity index (χ0n) is 12.0. The summed E-state index contributed by atoms with van der Waals surface area (Å²) in [5.41, 5.74) is 1.85. The molecule has 1 N–H and O–H groups in total. The molecule has 1 rings (SSSR count). The Hall–Kier alpha value is -1.07. The second-order valence-electron chi connectivity index (χ2n) is 4.81. The Labute approximate surface area is 124 Å². The molecule has 0 aromatic heterocycles. The van der Waals surface area contributed by atoms with Crippen molar-refractivity contribution in [1.82, 2.24) is 5.32 Å². The summed E-state index contributed by atoms with van der Waals surface area (Å²) in [5.74, 6) is -0.260. The van der Waals surface area contributed by atoms with Gasteiger partial charge in [0.2, 0.25) is 0 Å². The van der Waals surface area contributed by atoms with Crippen molar-refractivity contribution in [1.29, 1.82) is 0 Å². The standard InChI is InChI=1S/C14H20ClNO3S/c1-4-5-6-7-16-14(17)13-9-12(20(15,18)19)8-10(2)11(13)3/h8-9H,4-7H2,1-3H3,(H,16,17). The van der Waals surface area contributed by atoms with E-state index in [1.807, 2.05) is 0 Å². The smallest absolute Gasteiger partial charge is 0.261 e. The van der Waals surface area contributed by atoms with E-state index in [-0.39, 0.29) is 10.8 Å². The minimum absolute atomic E-state index is 0.0408. The summed E-state index contributed by atoms with van der Waals surface area (Å²) >= 11 is 0. The number of rotatable bonds is 6. The summed E-state index contributed by atoms with van der Waals surface area (Å²) < 4.78 is 22.8. The number of halogens is 1. The second kappa shape index (κ2) is 7.09. The van der Waals surface area contributed by atoms with Gasteiger partial charge < -0.3 is 5.32 Å². The molecule has 0 aliphatic heterocycles. The molecule has 0 aliphatic rings. The lowest BCUT2D eigenvalue weighted by Crippen LogP contribution is -2.25. The number of carbonyl (C=O) groups excluding carboxylic acids is 1. The first kappa shape index (κ1) is 17.0. The minimum Gasteiger partial charge on any atom is -0.352 e. The van der Waals surface area contributed by atoms with E-state index in [1.54, 1.807) is 13.8 Å². The van der Waals surface area contributed by atoms with Gasteiger partial charge in [-0.2, -0.15) is 0 Å². The van der Waals surface area contributed by atoms with E-state index in [2.05, 4.69) is 12.2 Å². The summed E-state index contributed by atoms with van der Waals surface area (Å²) in [6.45, 7) is 6.23. The molecule has 0 bridgehead atoms. The number of hydrogen-bond donors (Lipinski definition) is 1.